The number of nitrogens with one attached hydrogen (secondary N) is 1. The zero-order valence-electron chi connectivity index (χ0n) is 16.5. The molecule has 4 rings (SSSR count). The standard InChI is InChI=1S/C18H24N8S/c1-7-10(4)25-12(6)15(11(5)23-25)13-8-14(20-19-13)17-24-26-16(9(2)3)21-22-18(26)27-17/h8-10H,7H2,1-6H3,(H,19,20). The van der Waals surface area contributed by atoms with E-state index in [1.54, 1.807) is 0 Å². The average Bonchev–Trinajstić information content (AvgIpc) is 3.36. The highest BCUT2D eigenvalue weighted by molar-refractivity contribution is 7.19. The van der Waals surface area contributed by atoms with Crippen LogP contribution >= 0.6 is 11.3 Å². The fourth-order valence-electron chi connectivity index (χ4n) is 3.30. The molecule has 142 valence electrons. The second kappa shape index (κ2) is 6.56. The van der Waals surface area contributed by atoms with Crippen molar-refractivity contribution in [1.82, 2.24) is 39.8 Å². The van der Waals surface area contributed by atoms with Gasteiger partial charge < -0.3 is 0 Å². The molecule has 0 aliphatic rings. The van der Waals surface area contributed by atoms with E-state index in [0.717, 1.165) is 50.6 Å². The van der Waals surface area contributed by atoms with Crippen molar-refractivity contribution in [3.05, 3.63) is 23.3 Å². The van der Waals surface area contributed by atoms with Crippen LogP contribution in [-0.2, 0) is 0 Å². The van der Waals surface area contributed by atoms with E-state index in [1.807, 2.05) is 17.5 Å². The molecule has 0 radical (unpaired) electrons. The second-order valence-electron chi connectivity index (χ2n) is 7.23. The Morgan fingerprint density at radius 1 is 1.15 bits per heavy atom. The Morgan fingerprint density at radius 2 is 1.93 bits per heavy atom. The summed E-state index contributed by atoms with van der Waals surface area (Å²) in [5, 5.41) is 26.4. The molecule has 4 heterocycles. The highest BCUT2D eigenvalue weighted by Crippen LogP contribution is 2.32. The minimum absolute atomic E-state index is 0.268. The molecule has 4 aromatic heterocycles. The Labute approximate surface area is 161 Å². The van der Waals surface area contributed by atoms with E-state index in [1.165, 1.54) is 11.3 Å². The molecule has 0 aliphatic carbocycles. The van der Waals surface area contributed by atoms with E-state index in [9.17, 15) is 0 Å². The predicted molar refractivity (Wildman–Crippen MR) is 106 cm³/mol. The number of nitrogens with zero attached hydrogens (tertiary/aromatic N) is 7. The van der Waals surface area contributed by atoms with Crippen molar-refractivity contribution in [1.29, 1.82) is 0 Å². The van der Waals surface area contributed by atoms with Gasteiger partial charge in [0.05, 0.1) is 17.1 Å². The molecule has 0 aliphatic heterocycles. The van der Waals surface area contributed by atoms with Crippen LogP contribution in [0.2, 0.25) is 0 Å². The zero-order chi connectivity index (χ0) is 19.3. The van der Waals surface area contributed by atoms with Crippen molar-refractivity contribution in [2.24, 2.45) is 0 Å². The summed E-state index contributed by atoms with van der Waals surface area (Å²) in [6.45, 7) is 12.7. The molecule has 0 amide bonds. The predicted octanol–water partition coefficient (Wildman–Crippen LogP) is 4.15. The maximum Gasteiger partial charge on any atom is 0.235 e. The summed E-state index contributed by atoms with van der Waals surface area (Å²) in [5.41, 5.74) is 4.99. The third kappa shape index (κ3) is 2.86. The van der Waals surface area contributed by atoms with E-state index in [2.05, 4.69) is 64.8 Å². The van der Waals surface area contributed by atoms with E-state index >= 15 is 0 Å². The fourth-order valence-corrected chi connectivity index (χ4v) is 4.11. The summed E-state index contributed by atoms with van der Waals surface area (Å²) in [4.78, 5) is 0.793. The molecular weight excluding hydrogens is 360 g/mol. The van der Waals surface area contributed by atoms with Crippen molar-refractivity contribution in [3.63, 3.8) is 0 Å². The number of aromatic amines is 1. The van der Waals surface area contributed by atoms with Crippen molar-refractivity contribution < 1.29 is 0 Å². The second-order valence-corrected chi connectivity index (χ2v) is 8.18. The van der Waals surface area contributed by atoms with Gasteiger partial charge >= 0.3 is 0 Å². The van der Waals surface area contributed by atoms with Gasteiger partial charge in [-0.2, -0.15) is 19.8 Å². The first-order valence-corrected chi connectivity index (χ1v) is 10.1. The lowest BCUT2D eigenvalue weighted by atomic mass is 10.1. The van der Waals surface area contributed by atoms with Gasteiger partial charge in [0.15, 0.2) is 10.8 Å². The zero-order valence-corrected chi connectivity index (χ0v) is 17.3. The third-order valence-corrected chi connectivity index (χ3v) is 5.86. The average molecular weight is 385 g/mol. The number of aromatic nitrogens is 8. The smallest absolute Gasteiger partial charge is 0.235 e. The Morgan fingerprint density at radius 3 is 2.63 bits per heavy atom. The van der Waals surface area contributed by atoms with E-state index < -0.39 is 0 Å². The van der Waals surface area contributed by atoms with Gasteiger partial charge in [0, 0.05) is 23.2 Å². The van der Waals surface area contributed by atoms with Gasteiger partial charge in [0.25, 0.3) is 0 Å². The number of rotatable bonds is 5. The van der Waals surface area contributed by atoms with Crippen LogP contribution in [0.15, 0.2) is 6.07 Å². The third-order valence-electron chi connectivity index (χ3n) is 4.93. The van der Waals surface area contributed by atoms with Crippen LogP contribution < -0.4 is 0 Å². The maximum absolute atomic E-state index is 4.72. The van der Waals surface area contributed by atoms with Crippen LogP contribution in [-0.4, -0.2) is 39.8 Å². The van der Waals surface area contributed by atoms with Crippen LogP contribution in [0.4, 0.5) is 0 Å². The lowest BCUT2D eigenvalue weighted by Gasteiger charge is -2.11. The van der Waals surface area contributed by atoms with Crippen molar-refractivity contribution in [2.75, 3.05) is 0 Å². The summed E-state index contributed by atoms with van der Waals surface area (Å²) in [7, 11) is 0. The quantitative estimate of drug-likeness (QED) is 0.558. The number of aryl methyl sites for hydroxylation is 1. The molecule has 0 aromatic carbocycles. The van der Waals surface area contributed by atoms with Gasteiger partial charge in [0.1, 0.15) is 0 Å². The molecule has 8 nitrogen and oxygen atoms in total. The molecular formula is C18H24N8S. The lowest BCUT2D eigenvalue weighted by molar-refractivity contribution is 0.465. The molecule has 0 spiro atoms. The summed E-state index contributed by atoms with van der Waals surface area (Å²) < 4.78 is 3.92. The molecule has 1 atom stereocenters. The van der Waals surface area contributed by atoms with Gasteiger partial charge in [-0.1, -0.05) is 32.1 Å². The van der Waals surface area contributed by atoms with E-state index in [4.69, 9.17) is 5.10 Å². The Kier molecular flexibility index (Phi) is 4.33. The van der Waals surface area contributed by atoms with Gasteiger partial charge in [-0.15, -0.1) is 10.2 Å². The molecule has 0 fully saturated rings. The van der Waals surface area contributed by atoms with Crippen molar-refractivity contribution in [3.8, 4) is 22.0 Å². The maximum atomic E-state index is 4.72. The van der Waals surface area contributed by atoms with Gasteiger partial charge in [-0.05, 0) is 33.3 Å². The molecule has 4 aromatic rings. The Bertz CT molecular complexity index is 1100. The topological polar surface area (TPSA) is 89.6 Å². The number of hydrogen-bond donors (Lipinski definition) is 1. The first-order valence-electron chi connectivity index (χ1n) is 9.24. The molecule has 0 saturated carbocycles. The first-order chi connectivity index (χ1) is 12.9. The largest absolute Gasteiger partial charge is 0.275 e. The lowest BCUT2D eigenvalue weighted by Crippen LogP contribution is -2.07. The van der Waals surface area contributed by atoms with Crippen molar-refractivity contribution in [2.45, 2.75) is 59.9 Å². The van der Waals surface area contributed by atoms with Crippen LogP contribution in [0.5, 0.6) is 0 Å². The van der Waals surface area contributed by atoms with E-state index in [0.29, 0.717) is 6.04 Å². The molecule has 0 bridgehead atoms. The summed E-state index contributed by atoms with van der Waals surface area (Å²) in [6, 6.07) is 2.41. The van der Waals surface area contributed by atoms with Gasteiger partial charge in [-0.3, -0.25) is 9.78 Å². The SMILES string of the molecule is CCC(C)n1nc(C)c(-c2cc(-c3nn4c(C(C)C)nnc4s3)[nH]n2)c1C. The van der Waals surface area contributed by atoms with E-state index in [-0.39, 0.29) is 5.92 Å². The Balaban J connectivity index is 1.73. The molecule has 1 N–H and O–H groups in total. The van der Waals surface area contributed by atoms with Crippen LogP contribution in [0.3, 0.4) is 0 Å². The van der Waals surface area contributed by atoms with Crippen LogP contribution in [0.1, 0.15) is 63.3 Å². The number of fused-ring (bicyclic) bond motifs is 1. The Hall–Kier alpha value is -2.55. The first kappa shape index (κ1) is 17.8. The summed E-state index contributed by atoms with van der Waals surface area (Å²) >= 11 is 1.51. The summed E-state index contributed by atoms with van der Waals surface area (Å²) in [5.74, 6) is 1.14. The normalized spacial score (nSPS) is 13.1. The minimum Gasteiger partial charge on any atom is -0.275 e. The minimum atomic E-state index is 0.268. The highest BCUT2D eigenvalue weighted by atomic mass is 32.1. The van der Waals surface area contributed by atoms with Gasteiger partial charge in [0.2, 0.25) is 4.96 Å². The van der Waals surface area contributed by atoms with Crippen molar-refractivity contribution >= 4 is 16.3 Å². The fraction of sp³-hybridized carbons (Fsp3) is 0.500. The van der Waals surface area contributed by atoms with Crippen LogP contribution in [0, 0.1) is 13.8 Å². The molecule has 9 heteroatoms. The highest BCUT2D eigenvalue weighted by Gasteiger charge is 2.20. The molecule has 1 unspecified atom stereocenters. The summed E-state index contributed by atoms with van der Waals surface area (Å²) in [6.07, 6.45) is 1.04. The van der Waals surface area contributed by atoms with Crippen LogP contribution in [0.25, 0.3) is 26.9 Å². The molecule has 0 saturated heterocycles. The number of H-pyrrole nitrogens is 1. The number of hydrogen-bond acceptors (Lipinski definition) is 6. The molecule has 27 heavy (non-hydrogen) atoms. The van der Waals surface area contributed by atoms with Gasteiger partial charge in [-0.25, -0.2) is 0 Å². The monoisotopic (exact) mass is 384 g/mol.